The van der Waals surface area contributed by atoms with Crippen molar-refractivity contribution in [3.05, 3.63) is 39.6 Å². The van der Waals surface area contributed by atoms with Gasteiger partial charge in [-0.3, -0.25) is 14.9 Å². The molecule has 0 saturated carbocycles. The second kappa shape index (κ2) is 3.20. The number of hydrogen-bond acceptors (Lipinski definition) is 3. The Morgan fingerprint density at radius 3 is 2.80 bits per heavy atom. The highest BCUT2D eigenvalue weighted by Crippen LogP contribution is 2.24. The van der Waals surface area contributed by atoms with Crippen LogP contribution in [0.25, 0.3) is 10.9 Å². The number of aldehydes is 1. The van der Waals surface area contributed by atoms with Crippen LogP contribution in [0.5, 0.6) is 0 Å². The molecule has 76 valence electrons. The van der Waals surface area contributed by atoms with Crippen molar-refractivity contribution < 1.29 is 9.72 Å². The molecule has 0 aliphatic heterocycles. The number of aromatic nitrogens is 1. The monoisotopic (exact) mass is 204 g/mol. The van der Waals surface area contributed by atoms with Gasteiger partial charge in [0.05, 0.1) is 16.1 Å². The van der Waals surface area contributed by atoms with E-state index in [1.165, 1.54) is 12.1 Å². The Bertz CT molecular complexity index is 557. The molecule has 0 bridgehead atoms. The average Bonchev–Trinajstić information content (AvgIpc) is 2.55. The molecule has 0 fully saturated rings. The maximum absolute atomic E-state index is 10.7. The summed E-state index contributed by atoms with van der Waals surface area (Å²) in [6.45, 7) is 1.80. The third-order valence-electron chi connectivity index (χ3n) is 2.41. The van der Waals surface area contributed by atoms with Crippen molar-refractivity contribution in [1.82, 2.24) is 4.98 Å². The number of aromatic amines is 1. The number of nitrogens with zero attached hydrogens (tertiary/aromatic N) is 1. The van der Waals surface area contributed by atoms with E-state index >= 15 is 0 Å². The smallest absolute Gasteiger partial charge is 0.271 e. The zero-order valence-electron chi connectivity index (χ0n) is 7.98. The summed E-state index contributed by atoms with van der Waals surface area (Å²) in [7, 11) is 0. The number of carbonyl (C=O) groups is 1. The van der Waals surface area contributed by atoms with Crippen molar-refractivity contribution in [3.8, 4) is 0 Å². The van der Waals surface area contributed by atoms with E-state index in [0.29, 0.717) is 17.5 Å². The average molecular weight is 204 g/mol. The van der Waals surface area contributed by atoms with Crippen molar-refractivity contribution in [2.45, 2.75) is 6.92 Å². The summed E-state index contributed by atoms with van der Waals surface area (Å²) < 4.78 is 0. The molecule has 1 heterocycles. The number of benzene rings is 1. The number of H-pyrrole nitrogens is 1. The van der Waals surface area contributed by atoms with Gasteiger partial charge < -0.3 is 4.98 Å². The van der Waals surface area contributed by atoms with Gasteiger partial charge in [0.2, 0.25) is 0 Å². The fourth-order valence-corrected chi connectivity index (χ4v) is 1.58. The van der Waals surface area contributed by atoms with Gasteiger partial charge in [-0.15, -0.1) is 0 Å². The highest BCUT2D eigenvalue weighted by molar-refractivity contribution is 5.92. The molecule has 0 amide bonds. The Labute approximate surface area is 84.9 Å². The van der Waals surface area contributed by atoms with Crippen LogP contribution in [0.3, 0.4) is 0 Å². The van der Waals surface area contributed by atoms with Gasteiger partial charge in [0.15, 0.2) is 6.29 Å². The van der Waals surface area contributed by atoms with Crippen LogP contribution >= 0.6 is 0 Å². The lowest BCUT2D eigenvalue weighted by Gasteiger charge is -1.92. The molecule has 1 aromatic heterocycles. The number of carbonyl (C=O) groups excluding carboxylic acids is 1. The number of hydrogen-bond donors (Lipinski definition) is 1. The standard InChI is InChI=1S/C10H8N2O3/c1-6-8-3-2-7(12(14)15)4-9(8)11-10(6)5-13/h2-5,11H,1H3. The molecule has 1 aromatic carbocycles. The predicted molar refractivity (Wildman–Crippen MR) is 55.1 cm³/mol. The SMILES string of the molecule is Cc1c(C=O)[nH]c2cc([N+](=O)[O-])ccc12. The third kappa shape index (κ3) is 1.38. The fourth-order valence-electron chi connectivity index (χ4n) is 1.58. The van der Waals surface area contributed by atoms with Crippen LogP contribution in [-0.2, 0) is 0 Å². The van der Waals surface area contributed by atoms with Gasteiger partial charge in [-0.05, 0) is 18.6 Å². The number of rotatable bonds is 2. The summed E-state index contributed by atoms with van der Waals surface area (Å²) in [5, 5.41) is 11.4. The van der Waals surface area contributed by atoms with Crippen LogP contribution in [0.1, 0.15) is 16.1 Å². The molecule has 0 spiro atoms. The molecule has 0 aliphatic carbocycles. The van der Waals surface area contributed by atoms with E-state index < -0.39 is 4.92 Å². The molecule has 0 atom stereocenters. The van der Waals surface area contributed by atoms with Crippen LogP contribution in [0, 0.1) is 17.0 Å². The molecule has 15 heavy (non-hydrogen) atoms. The molecule has 2 aromatic rings. The first-order chi connectivity index (χ1) is 7.13. The number of nitro groups is 1. The molecule has 0 unspecified atom stereocenters. The summed E-state index contributed by atoms with van der Waals surface area (Å²) in [5.74, 6) is 0. The Kier molecular flexibility index (Phi) is 2.00. The summed E-state index contributed by atoms with van der Waals surface area (Å²) in [6.07, 6.45) is 0.709. The minimum atomic E-state index is -0.462. The van der Waals surface area contributed by atoms with E-state index in [4.69, 9.17) is 0 Å². The van der Waals surface area contributed by atoms with Gasteiger partial charge in [-0.2, -0.15) is 0 Å². The summed E-state index contributed by atoms with van der Waals surface area (Å²) >= 11 is 0. The van der Waals surface area contributed by atoms with Gasteiger partial charge in [0.1, 0.15) is 0 Å². The van der Waals surface area contributed by atoms with Gasteiger partial charge >= 0.3 is 0 Å². The van der Waals surface area contributed by atoms with E-state index in [9.17, 15) is 14.9 Å². The second-order valence-electron chi connectivity index (χ2n) is 3.27. The number of fused-ring (bicyclic) bond motifs is 1. The van der Waals surface area contributed by atoms with E-state index in [2.05, 4.69) is 4.98 Å². The van der Waals surface area contributed by atoms with Crippen LogP contribution in [0.15, 0.2) is 18.2 Å². The minimum absolute atomic E-state index is 0.0150. The summed E-state index contributed by atoms with van der Waals surface area (Å²) in [6, 6.07) is 4.50. The molecule has 0 aliphatic rings. The van der Waals surface area contributed by atoms with Gasteiger partial charge in [0.25, 0.3) is 5.69 Å². The highest BCUT2D eigenvalue weighted by Gasteiger charge is 2.11. The Morgan fingerprint density at radius 1 is 1.47 bits per heavy atom. The lowest BCUT2D eigenvalue weighted by Crippen LogP contribution is -1.86. The third-order valence-corrected chi connectivity index (χ3v) is 2.41. The van der Waals surface area contributed by atoms with E-state index in [1.54, 1.807) is 13.0 Å². The lowest BCUT2D eigenvalue weighted by molar-refractivity contribution is -0.384. The molecule has 0 radical (unpaired) electrons. The molecule has 5 heteroatoms. The second-order valence-corrected chi connectivity index (χ2v) is 3.27. The van der Waals surface area contributed by atoms with Gasteiger partial charge in [0, 0.05) is 17.5 Å². The van der Waals surface area contributed by atoms with Crippen molar-refractivity contribution in [3.63, 3.8) is 0 Å². The normalized spacial score (nSPS) is 10.5. The summed E-state index contributed by atoms with van der Waals surface area (Å²) in [4.78, 5) is 23.6. The van der Waals surface area contributed by atoms with Crippen LogP contribution < -0.4 is 0 Å². The maximum Gasteiger partial charge on any atom is 0.271 e. The summed E-state index contributed by atoms with van der Waals surface area (Å²) in [5.41, 5.74) is 1.91. The number of aryl methyl sites for hydroxylation is 1. The van der Waals surface area contributed by atoms with Crippen molar-refractivity contribution in [2.24, 2.45) is 0 Å². The molecule has 0 saturated heterocycles. The number of non-ortho nitro benzene ring substituents is 1. The van der Waals surface area contributed by atoms with Gasteiger partial charge in [-0.25, -0.2) is 0 Å². The first kappa shape index (κ1) is 9.39. The van der Waals surface area contributed by atoms with E-state index in [0.717, 1.165) is 10.9 Å². The first-order valence-electron chi connectivity index (χ1n) is 4.35. The van der Waals surface area contributed by atoms with Crippen molar-refractivity contribution >= 4 is 22.9 Å². The van der Waals surface area contributed by atoms with Crippen LogP contribution in [0.4, 0.5) is 5.69 Å². The highest BCUT2D eigenvalue weighted by atomic mass is 16.6. The molecular formula is C10H8N2O3. The van der Waals surface area contributed by atoms with Crippen molar-refractivity contribution in [1.29, 1.82) is 0 Å². The molecule has 5 nitrogen and oxygen atoms in total. The maximum atomic E-state index is 10.7. The number of nitro benzene ring substituents is 1. The van der Waals surface area contributed by atoms with Crippen LogP contribution in [0.2, 0.25) is 0 Å². The Hall–Kier alpha value is -2.17. The predicted octanol–water partition coefficient (Wildman–Crippen LogP) is 2.20. The van der Waals surface area contributed by atoms with Gasteiger partial charge in [-0.1, -0.05) is 0 Å². The quantitative estimate of drug-likeness (QED) is 0.462. The number of nitrogens with one attached hydrogen (secondary N) is 1. The molecule has 1 N–H and O–H groups in total. The largest absolute Gasteiger partial charge is 0.352 e. The molecule has 2 rings (SSSR count). The topological polar surface area (TPSA) is 76.0 Å². The van der Waals surface area contributed by atoms with E-state index in [-0.39, 0.29) is 5.69 Å². The fraction of sp³-hybridized carbons (Fsp3) is 0.100. The van der Waals surface area contributed by atoms with E-state index in [1.807, 2.05) is 0 Å². The lowest BCUT2D eigenvalue weighted by atomic mass is 10.1. The minimum Gasteiger partial charge on any atom is -0.352 e. The van der Waals surface area contributed by atoms with Crippen LogP contribution in [-0.4, -0.2) is 16.2 Å². The molecular weight excluding hydrogens is 196 g/mol. The Balaban J connectivity index is 2.73. The zero-order chi connectivity index (χ0) is 11.0. The van der Waals surface area contributed by atoms with Crippen molar-refractivity contribution in [2.75, 3.05) is 0 Å². The Morgan fingerprint density at radius 2 is 2.20 bits per heavy atom. The first-order valence-corrected chi connectivity index (χ1v) is 4.35. The zero-order valence-corrected chi connectivity index (χ0v) is 7.98.